The first-order valence-electron chi connectivity index (χ1n) is 10.1. The van der Waals surface area contributed by atoms with Crippen molar-refractivity contribution >= 4 is 35.8 Å². The SMILES string of the molecule is CCNC(=NCCNC(=O)c1ccccc1O)N1CCC(Cc2cnn(C)c2)C1.I. The van der Waals surface area contributed by atoms with Gasteiger partial charge in [0.25, 0.3) is 5.91 Å². The number of amides is 1. The zero-order valence-electron chi connectivity index (χ0n) is 17.5. The number of guanidine groups is 1. The van der Waals surface area contributed by atoms with E-state index < -0.39 is 0 Å². The molecule has 1 unspecified atom stereocenters. The smallest absolute Gasteiger partial charge is 0.255 e. The van der Waals surface area contributed by atoms with Crippen molar-refractivity contribution in [3.05, 3.63) is 47.8 Å². The zero-order chi connectivity index (χ0) is 20.6. The van der Waals surface area contributed by atoms with Crippen molar-refractivity contribution in [2.24, 2.45) is 18.0 Å². The van der Waals surface area contributed by atoms with Gasteiger partial charge in [-0.15, -0.1) is 24.0 Å². The number of nitrogens with zero attached hydrogens (tertiary/aromatic N) is 4. The summed E-state index contributed by atoms with van der Waals surface area (Å²) in [7, 11) is 1.94. The maximum Gasteiger partial charge on any atom is 0.255 e. The van der Waals surface area contributed by atoms with Crippen molar-refractivity contribution < 1.29 is 9.90 Å². The van der Waals surface area contributed by atoms with Crippen LogP contribution >= 0.6 is 24.0 Å². The molecule has 30 heavy (non-hydrogen) atoms. The first-order valence-corrected chi connectivity index (χ1v) is 10.1. The second kappa shape index (κ2) is 11.8. The number of phenols is 1. The van der Waals surface area contributed by atoms with Crippen LogP contribution in [0.25, 0.3) is 0 Å². The van der Waals surface area contributed by atoms with Gasteiger partial charge >= 0.3 is 0 Å². The first-order chi connectivity index (χ1) is 14.1. The summed E-state index contributed by atoms with van der Waals surface area (Å²) in [6.07, 6.45) is 6.17. The first kappa shape index (κ1) is 24.0. The highest BCUT2D eigenvalue weighted by Gasteiger charge is 2.25. The summed E-state index contributed by atoms with van der Waals surface area (Å²) >= 11 is 0. The molecule has 1 saturated heterocycles. The number of aromatic hydroxyl groups is 1. The predicted octanol–water partition coefficient (Wildman–Crippen LogP) is 2.00. The zero-order valence-corrected chi connectivity index (χ0v) is 19.9. The fourth-order valence-corrected chi connectivity index (χ4v) is 3.62. The number of hydrogen-bond donors (Lipinski definition) is 3. The number of benzene rings is 1. The molecule has 1 aromatic carbocycles. The Hall–Kier alpha value is -2.30. The van der Waals surface area contributed by atoms with Gasteiger partial charge in [0.05, 0.1) is 18.3 Å². The van der Waals surface area contributed by atoms with Crippen molar-refractivity contribution in [3.63, 3.8) is 0 Å². The molecule has 0 radical (unpaired) electrons. The molecular formula is C21H31IN6O2. The lowest BCUT2D eigenvalue weighted by molar-refractivity contribution is 0.0952. The van der Waals surface area contributed by atoms with E-state index >= 15 is 0 Å². The number of aryl methyl sites for hydroxylation is 1. The van der Waals surface area contributed by atoms with E-state index in [1.165, 1.54) is 11.6 Å². The molecule has 164 valence electrons. The van der Waals surface area contributed by atoms with Crippen LogP contribution in [0, 0.1) is 5.92 Å². The number of carbonyl (C=O) groups excluding carboxylic acids is 1. The van der Waals surface area contributed by atoms with Gasteiger partial charge in [-0.25, -0.2) is 0 Å². The highest BCUT2D eigenvalue weighted by atomic mass is 127. The number of likely N-dealkylation sites (tertiary alicyclic amines) is 1. The third kappa shape index (κ3) is 6.61. The Morgan fingerprint density at radius 2 is 2.13 bits per heavy atom. The van der Waals surface area contributed by atoms with Crippen molar-refractivity contribution in [1.82, 2.24) is 25.3 Å². The molecule has 3 N–H and O–H groups in total. The summed E-state index contributed by atoms with van der Waals surface area (Å²) < 4.78 is 1.84. The van der Waals surface area contributed by atoms with E-state index in [-0.39, 0.29) is 41.2 Å². The van der Waals surface area contributed by atoms with Crippen LogP contribution in [0.2, 0.25) is 0 Å². The molecular weight excluding hydrogens is 495 g/mol. The molecule has 0 spiro atoms. The molecule has 1 amide bonds. The van der Waals surface area contributed by atoms with Crippen molar-refractivity contribution in [1.29, 1.82) is 0 Å². The van der Waals surface area contributed by atoms with Crippen LogP contribution in [-0.2, 0) is 13.5 Å². The molecule has 2 heterocycles. The molecule has 3 rings (SSSR count). The van der Waals surface area contributed by atoms with Crippen LogP contribution in [0.4, 0.5) is 0 Å². The standard InChI is InChI=1S/C21H30N6O2.HI/c1-3-22-21(24-10-9-23-20(29)18-6-4-5-7-19(18)28)27-11-8-16(15-27)12-17-13-25-26(2)14-17;/h4-7,13-14,16,28H,3,8-12,15H2,1-2H3,(H,22,24)(H,23,29);1H. The summed E-state index contributed by atoms with van der Waals surface area (Å²) in [4.78, 5) is 19.1. The van der Waals surface area contributed by atoms with Crippen LogP contribution in [0.3, 0.4) is 0 Å². The minimum absolute atomic E-state index is 0. The minimum atomic E-state index is -0.291. The van der Waals surface area contributed by atoms with E-state index in [1.807, 2.05) is 17.9 Å². The lowest BCUT2D eigenvalue weighted by atomic mass is 10.0. The Balaban J connectivity index is 0.00000320. The average Bonchev–Trinajstić information content (AvgIpc) is 3.33. The summed E-state index contributed by atoms with van der Waals surface area (Å²) in [5, 5.41) is 20.2. The van der Waals surface area contributed by atoms with E-state index in [0.717, 1.165) is 38.4 Å². The van der Waals surface area contributed by atoms with E-state index in [2.05, 4.69) is 38.7 Å². The van der Waals surface area contributed by atoms with E-state index in [1.54, 1.807) is 18.2 Å². The van der Waals surface area contributed by atoms with Crippen LogP contribution in [0.5, 0.6) is 5.75 Å². The second-order valence-corrected chi connectivity index (χ2v) is 7.34. The second-order valence-electron chi connectivity index (χ2n) is 7.34. The topological polar surface area (TPSA) is 94.8 Å². The number of hydrogen-bond acceptors (Lipinski definition) is 4. The molecule has 1 aliphatic heterocycles. The molecule has 0 bridgehead atoms. The van der Waals surface area contributed by atoms with Gasteiger partial charge < -0.3 is 20.6 Å². The Bertz CT molecular complexity index is 854. The third-order valence-electron chi connectivity index (χ3n) is 5.01. The van der Waals surface area contributed by atoms with Gasteiger partial charge in [0.1, 0.15) is 5.75 Å². The number of aliphatic imine (C=N–C) groups is 1. The maximum atomic E-state index is 12.2. The Morgan fingerprint density at radius 3 is 2.83 bits per heavy atom. The van der Waals surface area contributed by atoms with Gasteiger partial charge in [0.15, 0.2) is 5.96 Å². The number of phenolic OH excluding ortho intramolecular Hbond substituents is 1. The van der Waals surface area contributed by atoms with E-state index in [0.29, 0.717) is 19.0 Å². The molecule has 0 aliphatic carbocycles. The Morgan fingerprint density at radius 1 is 1.33 bits per heavy atom. The monoisotopic (exact) mass is 526 g/mol. The summed E-state index contributed by atoms with van der Waals surface area (Å²) in [5.74, 6) is 1.17. The number of rotatable bonds is 7. The lowest BCUT2D eigenvalue weighted by Gasteiger charge is -2.21. The minimum Gasteiger partial charge on any atom is -0.507 e. The van der Waals surface area contributed by atoms with Gasteiger partial charge in [0.2, 0.25) is 0 Å². The molecule has 1 fully saturated rings. The average molecular weight is 526 g/mol. The number of carbonyl (C=O) groups is 1. The van der Waals surface area contributed by atoms with Crippen LogP contribution in [0.15, 0.2) is 41.7 Å². The maximum absolute atomic E-state index is 12.2. The Kier molecular flexibility index (Phi) is 9.41. The lowest BCUT2D eigenvalue weighted by Crippen LogP contribution is -2.40. The number of nitrogens with one attached hydrogen (secondary N) is 2. The van der Waals surface area contributed by atoms with Gasteiger partial charge in [-0.2, -0.15) is 5.10 Å². The highest BCUT2D eigenvalue weighted by molar-refractivity contribution is 14.0. The number of para-hydroxylation sites is 1. The number of halogens is 1. The summed E-state index contributed by atoms with van der Waals surface area (Å²) in [6.45, 7) is 5.68. The molecule has 2 aromatic rings. The summed E-state index contributed by atoms with van der Waals surface area (Å²) in [5.41, 5.74) is 1.55. The van der Waals surface area contributed by atoms with E-state index in [4.69, 9.17) is 0 Å². The molecule has 9 heteroatoms. The van der Waals surface area contributed by atoms with Gasteiger partial charge in [-0.3, -0.25) is 14.5 Å². The van der Waals surface area contributed by atoms with Crippen LogP contribution in [0.1, 0.15) is 29.3 Å². The van der Waals surface area contributed by atoms with Crippen molar-refractivity contribution in [2.45, 2.75) is 19.8 Å². The molecule has 0 saturated carbocycles. The van der Waals surface area contributed by atoms with Crippen LogP contribution in [-0.4, -0.2) is 64.4 Å². The van der Waals surface area contributed by atoms with Gasteiger partial charge in [0, 0.05) is 39.4 Å². The molecule has 8 nitrogen and oxygen atoms in total. The highest BCUT2D eigenvalue weighted by Crippen LogP contribution is 2.20. The quantitative estimate of drug-likeness (QED) is 0.222. The van der Waals surface area contributed by atoms with E-state index in [9.17, 15) is 9.90 Å². The summed E-state index contributed by atoms with van der Waals surface area (Å²) in [6, 6.07) is 6.53. The molecule has 1 aliphatic rings. The van der Waals surface area contributed by atoms with Gasteiger partial charge in [-0.1, -0.05) is 12.1 Å². The number of aromatic nitrogens is 2. The normalized spacial score (nSPS) is 16.3. The molecule has 1 atom stereocenters. The van der Waals surface area contributed by atoms with Gasteiger partial charge in [-0.05, 0) is 43.4 Å². The third-order valence-corrected chi connectivity index (χ3v) is 5.01. The predicted molar refractivity (Wildman–Crippen MR) is 128 cm³/mol. The fraction of sp³-hybridized carbons (Fsp3) is 0.476. The Labute approximate surface area is 194 Å². The van der Waals surface area contributed by atoms with Crippen molar-refractivity contribution in [2.75, 3.05) is 32.7 Å². The largest absolute Gasteiger partial charge is 0.507 e. The van der Waals surface area contributed by atoms with Crippen molar-refractivity contribution in [3.8, 4) is 5.75 Å². The molecule has 1 aromatic heterocycles. The fourth-order valence-electron chi connectivity index (χ4n) is 3.62. The van der Waals surface area contributed by atoms with Crippen LogP contribution < -0.4 is 10.6 Å².